The summed E-state index contributed by atoms with van der Waals surface area (Å²) in [6, 6.07) is 7.37. The number of fused-ring (bicyclic) bond motifs is 2. The molecule has 140 valence electrons. The van der Waals surface area contributed by atoms with E-state index in [2.05, 4.69) is 27.7 Å². The number of aryl methyl sites for hydroxylation is 2. The third-order valence-electron chi connectivity index (χ3n) is 5.06. The Balaban J connectivity index is 1.43. The van der Waals surface area contributed by atoms with Crippen molar-refractivity contribution in [3.63, 3.8) is 0 Å². The van der Waals surface area contributed by atoms with Crippen LogP contribution in [-0.4, -0.2) is 42.7 Å². The zero-order valence-corrected chi connectivity index (χ0v) is 15.8. The van der Waals surface area contributed by atoms with Crippen molar-refractivity contribution in [2.45, 2.75) is 45.3 Å². The van der Waals surface area contributed by atoms with Crippen LogP contribution in [0, 0.1) is 6.92 Å². The molecule has 1 aromatic carbocycles. The minimum Gasteiger partial charge on any atom is -0.480 e. The van der Waals surface area contributed by atoms with Crippen molar-refractivity contribution in [3.8, 4) is 0 Å². The van der Waals surface area contributed by atoms with Gasteiger partial charge in [-0.2, -0.15) is 0 Å². The molecule has 1 aliphatic rings. The molecule has 0 aliphatic carbocycles. The summed E-state index contributed by atoms with van der Waals surface area (Å²) in [7, 11) is 0. The highest BCUT2D eigenvalue weighted by Crippen LogP contribution is 2.27. The number of benzene rings is 1. The topological polar surface area (TPSA) is 88.3 Å². The van der Waals surface area contributed by atoms with E-state index in [1.165, 1.54) is 20.5 Å². The molecule has 0 radical (unpaired) electrons. The van der Waals surface area contributed by atoms with Crippen LogP contribution in [0.1, 0.15) is 30.1 Å². The molecule has 1 amide bonds. The highest BCUT2D eigenvalue weighted by atomic mass is 32.1. The lowest BCUT2D eigenvalue weighted by Gasteiger charge is -2.33. The molecule has 0 saturated carbocycles. The number of hydrogen-bond donors (Lipinski definition) is 1. The summed E-state index contributed by atoms with van der Waals surface area (Å²) in [6.45, 7) is 2.18. The first-order chi connectivity index (χ1) is 13.0. The van der Waals surface area contributed by atoms with Gasteiger partial charge in [0.05, 0.1) is 13.1 Å². The molecule has 3 heterocycles. The van der Waals surface area contributed by atoms with E-state index >= 15 is 0 Å². The fourth-order valence-electron chi connectivity index (χ4n) is 3.59. The molecule has 2 aromatic heterocycles. The average Bonchev–Trinajstić information content (AvgIpc) is 3.24. The van der Waals surface area contributed by atoms with Crippen molar-refractivity contribution in [2.75, 3.05) is 0 Å². The van der Waals surface area contributed by atoms with Gasteiger partial charge < -0.3 is 14.6 Å². The van der Waals surface area contributed by atoms with Gasteiger partial charge in [-0.3, -0.25) is 4.79 Å². The molecule has 1 unspecified atom stereocenters. The Hall–Kier alpha value is -2.74. The summed E-state index contributed by atoms with van der Waals surface area (Å²) < 4.78 is 3.02. The molecule has 1 atom stereocenters. The Bertz CT molecular complexity index is 1010. The standard InChI is InChI=1S/C19H20N4O3S/c1-12-20-21-17-10-23(15(19(25)26)9-22(12)17)18(24)8-4-5-13-11-27-16-7-3-2-6-14(13)16/h2-3,6-7,11,15H,4-5,8-10H2,1H3,(H,25,26). The van der Waals surface area contributed by atoms with Crippen molar-refractivity contribution in [2.24, 2.45) is 0 Å². The Labute approximate surface area is 160 Å². The van der Waals surface area contributed by atoms with Crippen LogP contribution in [0.15, 0.2) is 29.6 Å². The number of thiophene rings is 1. The number of rotatable bonds is 5. The lowest BCUT2D eigenvalue weighted by atomic mass is 10.1. The van der Waals surface area contributed by atoms with Gasteiger partial charge in [-0.1, -0.05) is 18.2 Å². The lowest BCUT2D eigenvalue weighted by molar-refractivity contribution is -0.152. The van der Waals surface area contributed by atoms with Crippen LogP contribution in [0.4, 0.5) is 0 Å². The number of carbonyl (C=O) groups is 2. The van der Waals surface area contributed by atoms with Crippen molar-refractivity contribution < 1.29 is 14.7 Å². The molecule has 1 N–H and O–H groups in total. The second-order valence-corrected chi connectivity index (χ2v) is 7.67. The van der Waals surface area contributed by atoms with E-state index in [0.717, 1.165) is 6.42 Å². The van der Waals surface area contributed by atoms with E-state index in [9.17, 15) is 14.7 Å². The van der Waals surface area contributed by atoms with E-state index in [-0.39, 0.29) is 19.0 Å². The first-order valence-electron chi connectivity index (χ1n) is 8.90. The molecule has 4 rings (SSSR count). The van der Waals surface area contributed by atoms with Crippen LogP contribution in [-0.2, 0) is 29.1 Å². The monoisotopic (exact) mass is 384 g/mol. The van der Waals surface area contributed by atoms with Crippen molar-refractivity contribution >= 4 is 33.3 Å². The first kappa shape index (κ1) is 17.7. The predicted molar refractivity (Wildman–Crippen MR) is 101 cm³/mol. The zero-order valence-electron chi connectivity index (χ0n) is 15.0. The summed E-state index contributed by atoms with van der Waals surface area (Å²) in [5.41, 5.74) is 1.24. The molecule has 0 spiro atoms. The Kier molecular flexibility index (Phi) is 4.65. The molecular formula is C19H20N4O3S. The summed E-state index contributed by atoms with van der Waals surface area (Å²) >= 11 is 1.71. The summed E-state index contributed by atoms with van der Waals surface area (Å²) in [5, 5.41) is 21.0. The maximum Gasteiger partial charge on any atom is 0.328 e. The van der Waals surface area contributed by atoms with Crippen molar-refractivity contribution in [1.29, 1.82) is 0 Å². The van der Waals surface area contributed by atoms with Crippen molar-refractivity contribution in [3.05, 3.63) is 46.9 Å². The zero-order chi connectivity index (χ0) is 19.0. The lowest BCUT2D eigenvalue weighted by Crippen LogP contribution is -2.50. The number of aromatic nitrogens is 3. The van der Waals surface area contributed by atoms with Crippen LogP contribution >= 0.6 is 11.3 Å². The maximum atomic E-state index is 12.7. The second kappa shape index (κ2) is 7.11. The van der Waals surface area contributed by atoms with Gasteiger partial charge in [0, 0.05) is 11.1 Å². The summed E-state index contributed by atoms with van der Waals surface area (Å²) in [6.07, 6.45) is 1.81. The number of amides is 1. The van der Waals surface area contributed by atoms with Gasteiger partial charge in [-0.05, 0) is 42.2 Å². The predicted octanol–water partition coefficient (Wildman–Crippen LogP) is 2.62. The van der Waals surface area contributed by atoms with E-state index in [1.807, 2.05) is 12.1 Å². The smallest absolute Gasteiger partial charge is 0.328 e. The summed E-state index contributed by atoms with van der Waals surface area (Å²) in [5.74, 6) is 0.176. The van der Waals surface area contributed by atoms with E-state index in [4.69, 9.17) is 0 Å². The number of hydrogen-bond acceptors (Lipinski definition) is 5. The quantitative estimate of drug-likeness (QED) is 0.730. The molecule has 3 aromatic rings. The molecule has 27 heavy (non-hydrogen) atoms. The van der Waals surface area contributed by atoms with Gasteiger partial charge in [0.1, 0.15) is 11.9 Å². The molecular weight excluding hydrogens is 364 g/mol. The second-order valence-electron chi connectivity index (χ2n) is 6.76. The van der Waals surface area contributed by atoms with E-state index < -0.39 is 12.0 Å². The molecule has 1 aliphatic heterocycles. The maximum absolute atomic E-state index is 12.7. The van der Waals surface area contributed by atoms with Crippen LogP contribution in [0.2, 0.25) is 0 Å². The number of nitrogens with zero attached hydrogens (tertiary/aromatic N) is 4. The van der Waals surface area contributed by atoms with Gasteiger partial charge in [0.25, 0.3) is 0 Å². The van der Waals surface area contributed by atoms with Gasteiger partial charge >= 0.3 is 5.97 Å². The normalized spacial score (nSPS) is 16.5. The highest BCUT2D eigenvalue weighted by Gasteiger charge is 2.35. The minimum atomic E-state index is -0.995. The average molecular weight is 384 g/mol. The molecule has 8 heteroatoms. The largest absolute Gasteiger partial charge is 0.480 e. The molecule has 7 nitrogen and oxygen atoms in total. The third-order valence-corrected chi connectivity index (χ3v) is 6.07. The van der Waals surface area contributed by atoms with Crippen molar-refractivity contribution in [1.82, 2.24) is 19.7 Å². The number of aliphatic carboxylic acids is 1. The molecule has 0 saturated heterocycles. The fourth-order valence-corrected chi connectivity index (χ4v) is 4.58. The molecule has 0 fully saturated rings. The SMILES string of the molecule is Cc1nnc2n1CC(C(=O)O)N(C(=O)CCCc1csc3ccccc13)C2. The van der Waals surface area contributed by atoms with Crippen LogP contribution in [0.25, 0.3) is 10.1 Å². The molecule has 0 bridgehead atoms. The van der Waals surface area contributed by atoms with Gasteiger partial charge in [-0.15, -0.1) is 21.5 Å². The van der Waals surface area contributed by atoms with E-state index in [0.29, 0.717) is 24.5 Å². The Morgan fingerprint density at radius 1 is 1.30 bits per heavy atom. The van der Waals surface area contributed by atoms with Crippen LogP contribution in [0.3, 0.4) is 0 Å². The van der Waals surface area contributed by atoms with E-state index in [1.54, 1.807) is 22.8 Å². The van der Waals surface area contributed by atoms with Gasteiger partial charge in [0.15, 0.2) is 5.82 Å². The Morgan fingerprint density at radius 3 is 2.93 bits per heavy atom. The number of carboxylic acid groups (broad SMARTS) is 1. The fraction of sp³-hybridized carbons (Fsp3) is 0.368. The number of carboxylic acids is 1. The first-order valence-corrected chi connectivity index (χ1v) is 9.78. The van der Waals surface area contributed by atoms with Crippen LogP contribution < -0.4 is 0 Å². The van der Waals surface area contributed by atoms with Gasteiger partial charge in [-0.25, -0.2) is 4.79 Å². The van der Waals surface area contributed by atoms with Crippen LogP contribution in [0.5, 0.6) is 0 Å². The third kappa shape index (κ3) is 3.32. The number of carbonyl (C=O) groups excluding carboxylic acids is 1. The minimum absolute atomic E-state index is 0.145. The highest BCUT2D eigenvalue weighted by molar-refractivity contribution is 7.17. The summed E-state index contributed by atoms with van der Waals surface area (Å²) in [4.78, 5) is 25.8. The Morgan fingerprint density at radius 2 is 2.11 bits per heavy atom. The van der Waals surface area contributed by atoms with Gasteiger partial charge in [0.2, 0.25) is 5.91 Å².